The first-order valence-corrected chi connectivity index (χ1v) is 6.86. The number of benzene rings is 1. The number of likely N-dealkylation sites (tertiary alicyclic amines) is 1. The minimum absolute atomic E-state index is 0.136. The Morgan fingerprint density at radius 1 is 1.37 bits per heavy atom. The second kappa shape index (κ2) is 6.06. The van der Waals surface area contributed by atoms with Gasteiger partial charge in [0.25, 0.3) is 5.91 Å². The minimum Gasteiger partial charge on any atom is -0.388 e. The van der Waals surface area contributed by atoms with Gasteiger partial charge in [-0.15, -0.1) is 11.8 Å². The number of β-amino-alcohol motifs (C(OH)–C–C–N with tert-alkyl or cyclic N) is 2. The fourth-order valence-corrected chi connectivity index (χ4v) is 2.69. The van der Waals surface area contributed by atoms with Gasteiger partial charge in [-0.3, -0.25) is 4.79 Å². The number of nitrogens with zero attached hydrogens (tertiary/aromatic N) is 2. The number of thioether (sulfide) groups is 1. The standard InChI is InChI=1S/C13H14N2O3S/c14-5-6-19-12-4-2-1-3-9(12)13(18)15-7-10(16)11(17)8-15/h1-4,10-11,16-17H,6-8H2/t10-,11+. The third-order valence-corrected chi connectivity index (χ3v) is 3.90. The Bertz CT molecular complexity index is 505. The van der Waals surface area contributed by atoms with Crippen LogP contribution >= 0.6 is 11.8 Å². The molecular weight excluding hydrogens is 264 g/mol. The summed E-state index contributed by atoms with van der Waals surface area (Å²) in [5, 5.41) is 27.6. The second-order valence-corrected chi connectivity index (χ2v) is 5.30. The van der Waals surface area contributed by atoms with Crippen molar-refractivity contribution in [1.82, 2.24) is 4.90 Å². The maximum atomic E-state index is 12.3. The molecule has 0 unspecified atom stereocenters. The Kier molecular flexibility index (Phi) is 4.43. The van der Waals surface area contributed by atoms with Crippen LogP contribution in [-0.2, 0) is 0 Å². The van der Waals surface area contributed by atoms with E-state index in [0.717, 1.165) is 4.90 Å². The fourth-order valence-electron chi connectivity index (χ4n) is 1.98. The van der Waals surface area contributed by atoms with Crippen LogP contribution in [0.25, 0.3) is 0 Å². The molecule has 0 spiro atoms. The first kappa shape index (κ1) is 13.9. The zero-order valence-corrected chi connectivity index (χ0v) is 11.0. The molecule has 6 heteroatoms. The first-order valence-electron chi connectivity index (χ1n) is 5.87. The largest absolute Gasteiger partial charge is 0.388 e. The van der Waals surface area contributed by atoms with E-state index in [1.165, 1.54) is 16.7 Å². The summed E-state index contributed by atoms with van der Waals surface area (Å²) in [7, 11) is 0. The Balaban J connectivity index is 2.17. The highest BCUT2D eigenvalue weighted by molar-refractivity contribution is 7.99. The van der Waals surface area contributed by atoms with Crippen molar-refractivity contribution < 1.29 is 15.0 Å². The van der Waals surface area contributed by atoms with E-state index < -0.39 is 12.2 Å². The van der Waals surface area contributed by atoms with Gasteiger partial charge in [-0.25, -0.2) is 0 Å². The van der Waals surface area contributed by atoms with E-state index in [1.807, 2.05) is 12.1 Å². The molecular formula is C13H14N2O3S. The average Bonchev–Trinajstić information content (AvgIpc) is 2.76. The third kappa shape index (κ3) is 3.07. The summed E-state index contributed by atoms with van der Waals surface area (Å²) >= 11 is 1.30. The number of carbonyl (C=O) groups is 1. The van der Waals surface area contributed by atoms with E-state index in [1.54, 1.807) is 18.2 Å². The van der Waals surface area contributed by atoms with Crippen molar-refractivity contribution in [3.8, 4) is 6.07 Å². The Labute approximate surface area is 115 Å². The maximum Gasteiger partial charge on any atom is 0.255 e. The Morgan fingerprint density at radius 3 is 2.63 bits per heavy atom. The normalized spacial score (nSPS) is 22.3. The molecule has 1 aliphatic heterocycles. The number of hydrogen-bond donors (Lipinski definition) is 2. The molecule has 19 heavy (non-hydrogen) atoms. The summed E-state index contributed by atoms with van der Waals surface area (Å²) in [5.74, 6) is 0.0480. The van der Waals surface area contributed by atoms with Crippen LogP contribution in [-0.4, -0.2) is 52.1 Å². The summed E-state index contributed by atoms with van der Waals surface area (Å²) in [5.41, 5.74) is 0.504. The van der Waals surface area contributed by atoms with Crippen LogP contribution < -0.4 is 0 Å². The van der Waals surface area contributed by atoms with Crippen LogP contribution in [0.3, 0.4) is 0 Å². The third-order valence-electron chi connectivity index (χ3n) is 2.96. The lowest BCUT2D eigenvalue weighted by molar-refractivity contribution is 0.0572. The zero-order valence-electron chi connectivity index (χ0n) is 10.2. The molecule has 5 nitrogen and oxygen atoms in total. The molecule has 0 aliphatic carbocycles. The van der Waals surface area contributed by atoms with E-state index in [2.05, 4.69) is 0 Å². The molecule has 1 aliphatic rings. The van der Waals surface area contributed by atoms with Gasteiger partial charge >= 0.3 is 0 Å². The lowest BCUT2D eigenvalue weighted by atomic mass is 10.2. The molecule has 1 saturated heterocycles. The Morgan fingerprint density at radius 2 is 2.00 bits per heavy atom. The molecule has 1 aromatic rings. The zero-order chi connectivity index (χ0) is 13.8. The lowest BCUT2D eigenvalue weighted by Gasteiger charge is -2.17. The number of nitriles is 1. The highest BCUT2D eigenvalue weighted by atomic mass is 32.2. The van der Waals surface area contributed by atoms with Crippen LogP contribution in [0.2, 0.25) is 0 Å². The molecule has 1 fully saturated rings. The van der Waals surface area contributed by atoms with Gasteiger partial charge in [0.05, 0.1) is 29.6 Å². The number of aliphatic hydroxyl groups excluding tert-OH is 2. The van der Waals surface area contributed by atoms with Gasteiger partial charge in [0.15, 0.2) is 0 Å². The predicted octanol–water partition coefficient (Wildman–Crippen LogP) is 0.480. The van der Waals surface area contributed by atoms with Crippen molar-refractivity contribution in [2.75, 3.05) is 18.8 Å². The summed E-state index contributed by atoms with van der Waals surface area (Å²) in [6.07, 6.45) is -1.77. The van der Waals surface area contributed by atoms with Crippen LogP contribution in [0, 0.1) is 11.3 Å². The summed E-state index contributed by atoms with van der Waals surface area (Å²) in [4.78, 5) is 14.5. The monoisotopic (exact) mass is 278 g/mol. The molecule has 1 heterocycles. The van der Waals surface area contributed by atoms with Crippen LogP contribution in [0.1, 0.15) is 10.4 Å². The summed E-state index contributed by atoms with van der Waals surface area (Å²) in [6.45, 7) is 0.272. The van der Waals surface area contributed by atoms with Gasteiger partial charge in [0.2, 0.25) is 0 Å². The van der Waals surface area contributed by atoms with E-state index in [0.29, 0.717) is 5.56 Å². The molecule has 1 amide bonds. The fraction of sp³-hybridized carbons (Fsp3) is 0.385. The molecule has 2 rings (SSSR count). The molecule has 0 bridgehead atoms. The van der Waals surface area contributed by atoms with Crippen molar-refractivity contribution in [2.45, 2.75) is 17.1 Å². The van der Waals surface area contributed by atoms with Crippen molar-refractivity contribution >= 4 is 17.7 Å². The van der Waals surface area contributed by atoms with E-state index in [9.17, 15) is 15.0 Å². The van der Waals surface area contributed by atoms with Crippen LogP contribution in [0.15, 0.2) is 29.2 Å². The number of hydrogen-bond acceptors (Lipinski definition) is 5. The molecule has 2 N–H and O–H groups in total. The minimum atomic E-state index is -0.886. The summed E-state index contributed by atoms with van der Waals surface area (Å²) < 4.78 is 0. The van der Waals surface area contributed by atoms with Gasteiger partial charge in [-0.05, 0) is 12.1 Å². The SMILES string of the molecule is N#CCSc1ccccc1C(=O)N1C[C@@H](O)[C@@H](O)C1. The number of amides is 1. The maximum absolute atomic E-state index is 12.3. The van der Waals surface area contributed by atoms with Crippen molar-refractivity contribution in [3.05, 3.63) is 29.8 Å². The highest BCUT2D eigenvalue weighted by Gasteiger charge is 2.33. The molecule has 0 radical (unpaired) electrons. The van der Waals surface area contributed by atoms with Gasteiger partial charge < -0.3 is 15.1 Å². The quantitative estimate of drug-likeness (QED) is 0.786. The molecule has 0 saturated carbocycles. The number of rotatable bonds is 3. The molecule has 2 atom stereocenters. The molecule has 100 valence electrons. The second-order valence-electron chi connectivity index (χ2n) is 4.29. The molecule has 1 aromatic carbocycles. The van der Waals surface area contributed by atoms with Crippen LogP contribution in [0.5, 0.6) is 0 Å². The van der Waals surface area contributed by atoms with Crippen LogP contribution in [0.4, 0.5) is 0 Å². The van der Waals surface area contributed by atoms with Gasteiger partial charge in [0, 0.05) is 18.0 Å². The summed E-state index contributed by atoms with van der Waals surface area (Å²) in [6, 6.07) is 9.07. The average molecular weight is 278 g/mol. The predicted molar refractivity (Wildman–Crippen MR) is 70.7 cm³/mol. The van der Waals surface area contributed by atoms with Gasteiger partial charge in [0.1, 0.15) is 0 Å². The van der Waals surface area contributed by atoms with E-state index >= 15 is 0 Å². The van der Waals surface area contributed by atoms with Crippen molar-refractivity contribution in [2.24, 2.45) is 0 Å². The van der Waals surface area contributed by atoms with Crippen molar-refractivity contribution in [3.63, 3.8) is 0 Å². The first-order chi connectivity index (χ1) is 9.13. The van der Waals surface area contributed by atoms with Crippen molar-refractivity contribution in [1.29, 1.82) is 5.26 Å². The van der Waals surface area contributed by atoms with Gasteiger partial charge in [-0.1, -0.05) is 12.1 Å². The number of carbonyl (C=O) groups excluding carboxylic acids is 1. The lowest BCUT2D eigenvalue weighted by Crippen LogP contribution is -2.30. The smallest absolute Gasteiger partial charge is 0.255 e. The van der Waals surface area contributed by atoms with E-state index in [4.69, 9.17) is 5.26 Å². The topological polar surface area (TPSA) is 84.6 Å². The highest BCUT2D eigenvalue weighted by Crippen LogP contribution is 2.24. The molecule has 0 aromatic heterocycles. The van der Waals surface area contributed by atoms with E-state index in [-0.39, 0.29) is 24.7 Å². The Hall–Kier alpha value is -1.55. The number of aliphatic hydroxyl groups is 2. The van der Waals surface area contributed by atoms with Gasteiger partial charge in [-0.2, -0.15) is 5.26 Å².